The van der Waals surface area contributed by atoms with E-state index in [2.05, 4.69) is 15.8 Å². The highest BCUT2D eigenvalue weighted by atomic mass is 16.5. The van der Waals surface area contributed by atoms with Crippen molar-refractivity contribution in [2.45, 2.75) is 0 Å². The summed E-state index contributed by atoms with van der Waals surface area (Å²) in [6.07, 6.45) is 2.84. The largest absolute Gasteiger partial charge is 0.504 e. The Labute approximate surface area is 160 Å². The summed E-state index contributed by atoms with van der Waals surface area (Å²) in [4.78, 5) is 24.0. The number of carbonyl (C=O) groups excluding carboxylic acids is 2. The van der Waals surface area contributed by atoms with Gasteiger partial charge in [0.2, 0.25) is 0 Å². The lowest BCUT2D eigenvalue weighted by molar-refractivity contribution is 0.0954. The van der Waals surface area contributed by atoms with Crippen molar-refractivity contribution >= 4 is 23.7 Å². The fourth-order valence-electron chi connectivity index (χ4n) is 2.31. The number of benzene rings is 2. The third-order valence-corrected chi connectivity index (χ3v) is 3.73. The third kappa shape index (κ3) is 4.55. The van der Waals surface area contributed by atoms with Crippen LogP contribution in [0.5, 0.6) is 11.5 Å². The second-order valence-electron chi connectivity index (χ2n) is 5.64. The molecule has 0 aliphatic rings. The number of ether oxygens (including phenoxy) is 1. The Morgan fingerprint density at radius 2 is 1.89 bits per heavy atom. The predicted molar refractivity (Wildman–Crippen MR) is 103 cm³/mol. The van der Waals surface area contributed by atoms with E-state index in [9.17, 15) is 14.7 Å². The Balaban J connectivity index is 1.58. The number of amides is 2. The standard InChI is InChI=1S/C20H17N3O5/c1-27-18-11-13(4-9-16(18)24)12-21-23-19(25)14-5-7-15(8-6-14)22-20(26)17-3-2-10-28-17/h2-12,24H,1H3,(H,22,26)(H,23,25)/b21-12-. The summed E-state index contributed by atoms with van der Waals surface area (Å²) in [5.41, 5.74) is 3.95. The van der Waals surface area contributed by atoms with Gasteiger partial charge in [-0.15, -0.1) is 0 Å². The van der Waals surface area contributed by atoms with E-state index in [0.29, 0.717) is 22.6 Å². The number of rotatable bonds is 6. The smallest absolute Gasteiger partial charge is 0.291 e. The topological polar surface area (TPSA) is 113 Å². The highest BCUT2D eigenvalue weighted by Crippen LogP contribution is 2.25. The van der Waals surface area contributed by atoms with E-state index in [4.69, 9.17) is 9.15 Å². The summed E-state index contributed by atoms with van der Waals surface area (Å²) in [7, 11) is 1.44. The number of furan rings is 1. The molecule has 0 fully saturated rings. The number of hydrazone groups is 1. The van der Waals surface area contributed by atoms with Gasteiger partial charge in [0.05, 0.1) is 19.6 Å². The molecule has 0 atom stereocenters. The summed E-state index contributed by atoms with van der Waals surface area (Å²) in [6.45, 7) is 0. The maximum Gasteiger partial charge on any atom is 0.291 e. The van der Waals surface area contributed by atoms with Crippen molar-refractivity contribution in [2.75, 3.05) is 12.4 Å². The lowest BCUT2D eigenvalue weighted by Gasteiger charge is -2.05. The Morgan fingerprint density at radius 1 is 1.11 bits per heavy atom. The van der Waals surface area contributed by atoms with Crippen LogP contribution in [0.4, 0.5) is 5.69 Å². The molecule has 0 saturated carbocycles. The van der Waals surface area contributed by atoms with Crippen molar-refractivity contribution in [1.82, 2.24) is 5.43 Å². The van der Waals surface area contributed by atoms with Gasteiger partial charge < -0.3 is 19.6 Å². The first-order valence-corrected chi connectivity index (χ1v) is 8.22. The van der Waals surface area contributed by atoms with Gasteiger partial charge in [0, 0.05) is 11.3 Å². The van der Waals surface area contributed by atoms with Gasteiger partial charge in [-0.25, -0.2) is 5.43 Å². The molecule has 8 heteroatoms. The van der Waals surface area contributed by atoms with E-state index in [1.165, 1.54) is 25.7 Å². The molecule has 0 saturated heterocycles. The van der Waals surface area contributed by atoms with Gasteiger partial charge in [-0.3, -0.25) is 9.59 Å². The molecule has 0 aliphatic carbocycles. The van der Waals surface area contributed by atoms with Crippen LogP contribution < -0.4 is 15.5 Å². The minimum Gasteiger partial charge on any atom is -0.504 e. The number of nitrogens with one attached hydrogen (secondary N) is 2. The molecule has 1 heterocycles. The van der Waals surface area contributed by atoms with Crippen LogP contribution in [0.3, 0.4) is 0 Å². The molecule has 0 aliphatic heterocycles. The van der Waals surface area contributed by atoms with E-state index in [-0.39, 0.29) is 17.4 Å². The first-order chi connectivity index (χ1) is 13.6. The molecule has 3 rings (SSSR count). The molecular formula is C20H17N3O5. The normalized spacial score (nSPS) is 10.6. The number of aromatic hydroxyl groups is 1. The molecule has 3 N–H and O–H groups in total. The molecule has 2 amide bonds. The molecule has 0 bridgehead atoms. The fraction of sp³-hybridized carbons (Fsp3) is 0.0500. The highest BCUT2D eigenvalue weighted by molar-refractivity contribution is 6.02. The van der Waals surface area contributed by atoms with Crippen molar-refractivity contribution in [2.24, 2.45) is 5.10 Å². The quantitative estimate of drug-likeness (QED) is 0.450. The van der Waals surface area contributed by atoms with Gasteiger partial charge >= 0.3 is 0 Å². The molecule has 2 aromatic carbocycles. The monoisotopic (exact) mass is 379 g/mol. The van der Waals surface area contributed by atoms with Crippen LogP contribution in [0.1, 0.15) is 26.5 Å². The molecule has 28 heavy (non-hydrogen) atoms. The number of anilines is 1. The van der Waals surface area contributed by atoms with E-state index in [0.717, 1.165) is 0 Å². The van der Waals surface area contributed by atoms with Crippen LogP contribution in [0.2, 0.25) is 0 Å². The van der Waals surface area contributed by atoms with E-state index in [1.54, 1.807) is 48.5 Å². The first kappa shape index (κ1) is 18.7. The SMILES string of the molecule is COc1cc(/C=N\NC(=O)c2ccc(NC(=O)c3ccco3)cc2)ccc1O. The average Bonchev–Trinajstić information content (AvgIpc) is 3.25. The number of nitrogens with zero attached hydrogens (tertiary/aromatic N) is 1. The van der Waals surface area contributed by atoms with Crippen LogP contribution in [-0.2, 0) is 0 Å². The average molecular weight is 379 g/mol. The van der Waals surface area contributed by atoms with Crippen LogP contribution in [0.25, 0.3) is 0 Å². The van der Waals surface area contributed by atoms with Gasteiger partial charge in [0.1, 0.15) is 0 Å². The van der Waals surface area contributed by atoms with E-state index < -0.39 is 5.91 Å². The Morgan fingerprint density at radius 3 is 2.57 bits per heavy atom. The summed E-state index contributed by atoms with van der Waals surface area (Å²) >= 11 is 0. The van der Waals surface area contributed by atoms with Crippen molar-refractivity contribution in [3.8, 4) is 11.5 Å². The zero-order valence-corrected chi connectivity index (χ0v) is 14.9. The number of hydrogen-bond donors (Lipinski definition) is 3. The van der Waals surface area contributed by atoms with Crippen LogP contribution in [-0.4, -0.2) is 30.2 Å². The summed E-state index contributed by atoms with van der Waals surface area (Å²) in [5.74, 6) is -0.269. The molecule has 142 valence electrons. The van der Waals surface area contributed by atoms with Gasteiger partial charge in [-0.05, 0) is 60.2 Å². The summed E-state index contributed by atoms with van der Waals surface area (Å²) < 4.78 is 10.0. The lowest BCUT2D eigenvalue weighted by atomic mass is 10.2. The van der Waals surface area contributed by atoms with Crippen molar-refractivity contribution in [3.63, 3.8) is 0 Å². The molecule has 0 radical (unpaired) electrons. The van der Waals surface area contributed by atoms with Gasteiger partial charge in [-0.1, -0.05) is 0 Å². The van der Waals surface area contributed by atoms with Gasteiger partial charge in [0.15, 0.2) is 17.3 Å². The minimum atomic E-state index is -0.411. The minimum absolute atomic E-state index is 0.0166. The molecule has 8 nitrogen and oxygen atoms in total. The maximum atomic E-state index is 12.1. The van der Waals surface area contributed by atoms with Crippen molar-refractivity contribution < 1.29 is 23.8 Å². The molecule has 0 spiro atoms. The molecule has 1 aromatic heterocycles. The number of phenolic OH excluding ortho intramolecular Hbond substituents is 1. The number of methoxy groups -OCH3 is 1. The van der Waals surface area contributed by atoms with Crippen LogP contribution in [0.15, 0.2) is 70.4 Å². The van der Waals surface area contributed by atoms with Crippen molar-refractivity contribution in [3.05, 3.63) is 77.7 Å². The number of carbonyl (C=O) groups is 2. The van der Waals surface area contributed by atoms with E-state index >= 15 is 0 Å². The zero-order chi connectivity index (χ0) is 19.9. The van der Waals surface area contributed by atoms with Crippen LogP contribution in [0, 0.1) is 0 Å². The highest BCUT2D eigenvalue weighted by Gasteiger charge is 2.09. The summed E-state index contributed by atoms with van der Waals surface area (Å²) in [5, 5.41) is 16.1. The van der Waals surface area contributed by atoms with Gasteiger partial charge in [-0.2, -0.15) is 5.10 Å². The second-order valence-corrected chi connectivity index (χ2v) is 5.64. The first-order valence-electron chi connectivity index (χ1n) is 8.22. The molecule has 3 aromatic rings. The Hall–Kier alpha value is -4.07. The second kappa shape index (κ2) is 8.54. The Bertz CT molecular complexity index is 995. The zero-order valence-electron chi connectivity index (χ0n) is 14.9. The van der Waals surface area contributed by atoms with Gasteiger partial charge in [0.25, 0.3) is 11.8 Å². The predicted octanol–water partition coefficient (Wildman–Crippen LogP) is 3.01. The molecule has 0 unspecified atom stereocenters. The summed E-state index contributed by atoms with van der Waals surface area (Å²) in [6, 6.07) is 14.2. The number of phenols is 1. The maximum absolute atomic E-state index is 12.1. The lowest BCUT2D eigenvalue weighted by Crippen LogP contribution is -2.17. The third-order valence-electron chi connectivity index (χ3n) is 3.73. The van der Waals surface area contributed by atoms with Crippen LogP contribution >= 0.6 is 0 Å². The van der Waals surface area contributed by atoms with E-state index in [1.807, 2.05) is 0 Å². The number of hydrogen-bond acceptors (Lipinski definition) is 6. The Kier molecular flexibility index (Phi) is 5.71. The molecular weight excluding hydrogens is 362 g/mol. The van der Waals surface area contributed by atoms with Crippen molar-refractivity contribution in [1.29, 1.82) is 0 Å². The fourth-order valence-corrected chi connectivity index (χ4v) is 2.31.